The van der Waals surface area contributed by atoms with E-state index in [-0.39, 0.29) is 17.8 Å². The zero-order valence-corrected chi connectivity index (χ0v) is 19.3. The Morgan fingerprint density at radius 3 is 2.68 bits per heavy atom. The zero-order valence-electron chi connectivity index (χ0n) is 19.3. The van der Waals surface area contributed by atoms with Gasteiger partial charge in [0.05, 0.1) is 17.5 Å². The van der Waals surface area contributed by atoms with Gasteiger partial charge in [-0.1, -0.05) is 12.1 Å². The largest absolute Gasteiger partial charge is 0.391 e. The number of benzene rings is 2. The highest BCUT2D eigenvalue weighted by molar-refractivity contribution is 5.71. The molecule has 1 fully saturated rings. The van der Waals surface area contributed by atoms with Crippen LogP contribution in [0, 0.1) is 11.7 Å². The van der Waals surface area contributed by atoms with Gasteiger partial charge in [0.2, 0.25) is 0 Å². The van der Waals surface area contributed by atoms with Crippen molar-refractivity contribution in [3.8, 4) is 28.3 Å². The van der Waals surface area contributed by atoms with Crippen LogP contribution in [0.1, 0.15) is 5.56 Å². The van der Waals surface area contributed by atoms with Crippen LogP contribution in [0.5, 0.6) is 0 Å². The molecule has 174 valence electrons. The fourth-order valence-electron chi connectivity index (χ4n) is 5.22. The van der Waals surface area contributed by atoms with E-state index in [4.69, 9.17) is 0 Å². The Morgan fingerprint density at radius 1 is 1.06 bits per heavy atom. The van der Waals surface area contributed by atoms with Gasteiger partial charge >= 0.3 is 0 Å². The van der Waals surface area contributed by atoms with Gasteiger partial charge in [0.25, 0.3) is 0 Å². The van der Waals surface area contributed by atoms with Gasteiger partial charge in [-0.3, -0.25) is 0 Å². The Morgan fingerprint density at radius 2 is 1.88 bits per heavy atom. The molecule has 0 radical (unpaired) electrons. The first-order valence-electron chi connectivity index (χ1n) is 11.5. The van der Waals surface area contributed by atoms with E-state index in [0.29, 0.717) is 13.1 Å². The first-order valence-corrected chi connectivity index (χ1v) is 11.5. The van der Waals surface area contributed by atoms with Gasteiger partial charge < -0.3 is 19.5 Å². The van der Waals surface area contributed by atoms with Crippen LogP contribution in [0.3, 0.4) is 0 Å². The summed E-state index contributed by atoms with van der Waals surface area (Å²) in [5, 5.41) is 15.1. The summed E-state index contributed by atoms with van der Waals surface area (Å²) >= 11 is 0. The summed E-state index contributed by atoms with van der Waals surface area (Å²) in [5.41, 5.74) is 6.19. The van der Waals surface area contributed by atoms with Crippen molar-refractivity contribution >= 4 is 5.69 Å². The standard InChI is InChI=1S/C26H27FN6O/c1-30(2)11-20-14-31(15-25(20)34)22-7-8-23-19(9-22)13-32-12-18(17-3-5-21(27)6-4-17)10-24(32)26-28-16-29-33(23)26/h3-10,12,16,20,25,34H,11,13-15H2,1-2H3/t20-,25+/m0/s1. The molecule has 0 spiro atoms. The van der Waals surface area contributed by atoms with Crippen LogP contribution < -0.4 is 4.90 Å². The highest BCUT2D eigenvalue weighted by Crippen LogP contribution is 2.35. The van der Waals surface area contributed by atoms with Crippen LogP contribution in [-0.4, -0.2) is 69.2 Å². The maximum atomic E-state index is 13.4. The first-order chi connectivity index (χ1) is 16.5. The molecule has 4 heterocycles. The molecule has 4 aromatic rings. The lowest BCUT2D eigenvalue weighted by Crippen LogP contribution is -2.29. The third-order valence-electron chi connectivity index (χ3n) is 6.85. The average Bonchev–Trinajstić information content (AvgIpc) is 3.52. The highest BCUT2D eigenvalue weighted by Gasteiger charge is 2.32. The van der Waals surface area contributed by atoms with Crippen molar-refractivity contribution in [1.29, 1.82) is 0 Å². The van der Waals surface area contributed by atoms with E-state index in [1.807, 2.05) is 18.8 Å². The smallest absolute Gasteiger partial charge is 0.179 e. The number of nitrogens with zero attached hydrogens (tertiary/aromatic N) is 6. The van der Waals surface area contributed by atoms with Gasteiger partial charge in [-0.2, -0.15) is 5.10 Å². The second kappa shape index (κ2) is 8.07. The molecule has 34 heavy (non-hydrogen) atoms. The number of anilines is 1. The van der Waals surface area contributed by atoms with E-state index >= 15 is 0 Å². The van der Waals surface area contributed by atoms with E-state index in [1.54, 1.807) is 18.5 Å². The normalized spacial score (nSPS) is 19.1. The van der Waals surface area contributed by atoms with Gasteiger partial charge in [-0.15, -0.1) is 0 Å². The number of hydrogen-bond acceptors (Lipinski definition) is 5. The summed E-state index contributed by atoms with van der Waals surface area (Å²) in [4.78, 5) is 8.95. The molecule has 2 aliphatic rings. The lowest BCUT2D eigenvalue weighted by molar-refractivity contribution is 0.130. The minimum absolute atomic E-state index is 0.227. The van der Waals surface area contributed by atoms with Gasteiger partial charge in [0.15, 0.2) is 5.82 Å². The van der Waals surface area contributed by atoms with E-state index < -0.39 is 0 Å². The van der Waals surface area contributed by atoms with E-state index in [1.165, 1.54) is 12.1 Å². The second-order valence-electron chi connectivity index (χ2n) is 9.55. The number of β-amino-alcohol motifs (C(OH)–C–C–N with tert-alkyl or cyclic N) is 1. The number of halogens is 1. The molecule has 0 amide bonds. The predicted molar refractivity (Wildman–Crippen MR) is 130 cm³/mol. The minimum atomic E-state index is -0.336. The lowest BCUT2D eigenvalue weighted by atomic mass is 10.1. The number of fused-ring (bicyclic) bond motifs is 5. The molecule has 2 atom stereocenters. The SMILES string of the molecule is CN(C)C[C@H]1CN(c2ccc3c(c2)Cn2cc(-c4ccc(F)cc4)cc2-c2ncnn2-3)C[C@H]1O. The Kier molecular flexibility index (Phi) is 5.00. The van der Waals surface area contributed by atoms with Crippen LogP contribution in [-0.2, 0) is 6.54 Å². The van der Waals surface area contributed by atoms with Crippen LogP contribution in [0.15, 0.2) is 61.1 Å². The van der Waals surface area contributed by atoms with E-state index in [0.717, 1.165) is 52.7 Å². The summed E-state index contributed by atoms with van der Waals surface area (Å²) in [5.74, 6) is 0.762. The lowest BCUT2D eigenvalue weighted by Gasteiger charge is -2.21. The number of rotatable bonds is 4. The van der Waals surface area contributed by atoms with Gasteiger partial charge in [0.1, 0.15) is 12.1 Å². The van der Waals surface area contributed by atoms with Gasteiger partial charge in [-0.25, -0.2) is 14.1 Å². The van der Waals surface area contributed by atoms with E-state index in [9.17, 15) is 9.50 Å². The molecule has 0 unspecified atom stereocenters. The zero-order chi connectivity index (χ0) is 23.4. The average molecular weight is 459 g/mol. The van der Waals surface area contributed by atoms with Crippen molar-refractivity contribution in [3.63, 3.8) is 0 Å². The Hall–Kier alpha value is -3.49. The summed E-state index contributed by atoms with van der Waals surface area (Å²) in [6, 6.07) is 15.1. The number of aromatic nitrogens is 4. The molecule has 0 saturated carbocycles. The van der Waals surface area contributed by atoms with Crippen molar-refractivity contribution in [3.05, 3.63) is 72.4 Å². The van der Waals surface area contributed by atoms with Crippen molar-refractivity contribution in [2.45, 2.75) is 12.6 Å². The minimum Gasteiger partial charge on any atom is -0.391 e. The van der Waals surface area contributed by atoms with Crippen molar-refractivity contribution < 1.29 is 9.50 Å². The van der Waals surface area contributed by atoms with Gasteiger partial charge in [-0.05, 0) is 61.6 Å². The topological polar surface area (TPSA) is 62.3 Å². The van der Waals surface area contributed by atoms with Crippen LogP contribution in [0.2, 0.25) is 0 Å². The fourth-order valence-corrected chi connectivity index (χ4v) is 5.22. The summed E-state index contributed by atoms with van der Waals surface area (Å²) in [7, 11) is 4.09. The second-order valence-corrected chi connectivity index (χ2v) is 9.55. The molecule has 6 rings (SSSR count). The van der Waals surface area contributed by atoms with Gasteiger partial charge in [0, 0.05) is 49.5 Å². The molecule has 1 saturated heterocycles. The molecule has 1 N–H and O–H groups in total. The third-order valence-corrected chi connectivity index (χ3v) is 6.85. The van der Waals surface area contributed by atoms with Crippen molar-refractivity contribution in [1.82, 2.24) is 24.2 Å². The molecule has 0 bridgehead atoms. The molecule has 2 aliphatic heterocycles. The van der Waals surface area contributed by atoms with Crippen LogP contribution >= 0.6 is 0 Å². The Labute approximate surface area is 197 Å². The quantitative estimate of drug-likeness (QED) is 0.448. The monoisotopic (exact) mass is 458 g/mol. The molecular weight excluding hydrogens is 431 g/mol. The maximum Gasteiger partial charge on any atom is 0.179 e. The van der Waals surface area contributed by atoms with E-state index in [2.05, 4.69) is 54.9 Å². The van der Waals surface area contributed by atoms with Crippen LogP contribution in [0.4, 0.5) is 10.1 Å². The highest BCUT2D eigenvalue weighted by atomic mass is 19.1. The number of aliphatic hydroxyl groups excluding tert-OH is 1. The predicted octanol–water partition coefficient (Wildman–Crippen LogP) is 3.26. The molecule has 2 aromatic heterocycles. The molecular formula is C26H27FN6O. The molecule has 8 heteroatoms. The summed E-state index contributed by atoms with van der Waals surface area (Å²) in [6.07, 6.45) is 3.34. The third kappa shape index (κ3) is 3.59. The Bertz CT molecular complexity index is 1340. The molecule has 2 aromatic carbocycles. The molecule has 0 aliphatic carbocycles. The van der Waals surface area contributed by atoms with Crippen molar-refractivity contribution in [2.75, 3.05) is 38.6 Å². The summed E-state index contributed by atoms with van der Waals surface area (Å²) in [6.45, 7) is 3.00. The number of aliphatic hydroxyl groups is 1. The molecule has 7 nitrogen and oxygen atoms in total. The van der Waals surface area contributed by atoms with Crippen LogP contribution in [0.25, 0.3) is 28.3 Å². The first kappa shape index (κ1) is 21.1. The van der Waals surface area contributed by atoms with Crippen molar-refractivity contribution in [2.24, 2.45) is 5.92 Å². The Balaban J connectivity index is 1.37. The summed E-state index contributed by atoms with van der Waals surface area (Å²) < 4.78 is 17.5. The fraction of sp³-hybridized carbons (Fsp3) is 0.308. The maximum absolute atomic E-state index is 13.4. The number of hydrogen-bond donors (Lipinski definition) is 1.